The van der Waals surface area contributed by atoms with Crippen LogP contribution in [0.3, 0.4) is 0 Å². The van der Waals surface area contributed by atoms with Crippen LogP contribution in [0, 0.1) is 0 Å². The van der Waals surface area contributed by atoms with Gasteiger partial charge >= 0.3 is 0 Å². The number of ether oxygens (including phenoxy) is 1. The van der Waals surface area contributed by atoms with Crippen LogP contribution in [0.1, 0.15) is 32.3 Å². The Kier molecular flexibility index (Phi) is 7.46. The molecule has 1 atom stereocenters. The predicted molar refractivity (Wildman–Crippen MR) is 75.1 cm³/mol. The maximum atomic E-state index is 8.96. The first-order chi connectivity index (χ1) is 8.80. The molecule has 1 unspecified atom stereocenters. The Morgan fingerprint density at radius 1 is 1.22 bits per heavy atom. The molecule has 0 aliphatic carbocycles. The Hall–Kier alpha value is -1.06. The molecule has 1 rings (SSSR count). The van der Waals surface area contributed by atoms with E-state index < -0.39 is 0 Å². The van der Waals surface area contributed by atoms with Crippen molar-refractivity contribution in [3.05, 3.63) is 29.8 Å². The van der Waals surface area contributed by atoms with E-state index in [9.17, 15) is 0 Å². The van der Waals surface area contributed by atoms with E-state index >= 15 is 0 Å². The fraction of sp³-hybridized carbons (Fsp3) is 0.600. The molecule has 2 N–H and O–H groups in total. The van der Waals surface area contributed by atoms with Crippen molar-refractivity contribution in [1.29, 1.82) is 0 Å². The van der Waals surface area contributed by atoms with E-state index in [1.165, 1.54) is 12.0 Å². The SMILES string of the molecule is CCCc1ccc(OCC(CCO)NCC)cc1. The average Bonchev–Trinajstić information content (AvgIpc) is 2.38. The molecule has 0 spiro atoms. The Labute approximate surface area is 110 Å². The van der Waals surface area contributed by atoms with Gasteiger partial charge < -0.3 is 15.2 Å². The van der Waals surface area contributed by atoms with Gasteiger partial charge in [-0.2, -0.15) is 0 Å². The summed E-state index contributed by atoms with van der Waals surface area (Å²) < 4.78 is 5.73. The highest BCUT2D eigenvalue weighted by Crippen LogP contribution is 2.13. The van der Waals surface area contributed by atoms with Crippen molar-refractivity contribution in [3.63, 3.8) is 0 Å². The Balaban J connectivity index is 2.41. The first kappa shape index (κ1) is 15.0. The first-order valence-corrected chi connectivity index (χ1v) is 6.86. The fourth-order valence-corrected chi connectivity index (χ4v) is 1.93. The number of aryl methyl sites for hydroxylation is 1. The summed E-state index contributed by atoms with van der Waals surface area (Å²) in [5.74, 6) is 0.899. The third-order valence-corrected chi connectivity index (χ3v) is 2.88. The van der Waals surface area contributed by atoms with Crippen LogP contribution < -0.4 is 10.1 Å². The highest BCUT2D eigenvalue weighted by atomic mass is 16.5. The summed E-state index contributed by atoms with van der Waals surface area (Å²) in [5.41, 5.74) is 1.35. The summed E-state index contributed by atoms with van der Waals surface area (Å²) in [6.07, 6.45) is 3.01. The summed E-state index contributed by atoms with van der Waals surface area (Å²) in [6.45, 7) is 5.92. The third-order valence-electron chi connectivity index (χ3n) is 2.88. The van der Waals surface area contributed by atoms with Gasteiger partial charge in [0.2, 0.25) is 0 Å². The fourth-order valence-electron chi connectivity index (χ4n) is 1.93. The first-order valence-electron chi connectivity index (χ1n) is 6.86. The van der Waals surface area contributed by atoms with Gasteiger partial charge in [0.25, 0.3) is 0 Å². The van der Waals surface area contributed by atoms with Crippen LogP contribution in [0.15, 0.2) is 24.3 Å². The minimum absolute atomic E-state index is 0.191. The van der Waals surface area contributed by atoms with E-state index in [0.29, 0.717) is 6.61 Å². The number of aliphatic hydroxyl groups excluding tert-OH is 1. The largest absolute Gasteiger partial charge is 0.492 e. The second kappa shape index (κ2) is 8.95. The minimum atomic E-state index is 0.191. The van der Waals surface area contributed by atoms with Crippen molar-refractivity contribution in [1.82, 2.24) is 5.32 Å². The lowest BCUT2D eigenvalue weighted by molar-refractivity contribution is 0.215. The third kappa shape index (κ3) is 5.52. The second-order valence-corrected chi connectivity index (χ2v) is 4.47. The Morgan fingerprint density at radius 3 is 2.50 bits per heavy atom. The van der Waals surface area contributed by atoms with Gasteiger partial charge in [0, 0.05) is 12.6 Å². The van der Waals surface area contributed by atoms with Crippen molar-refractivity contribution in [2.24, 2.45) is 0 Å². The zero-order chi connectivity index (χ0) is 13.2. The molecule has 3 nitrogen and oxygen atoms in total. The molecule has 102 valence electrons. The van der Waals surface area contributed by atoms with E-state index in [2.05, 4.69) is 31.3 Å². The summed E-state index contributed by atoms with van der Waals surface area (Å²) in [6, 6.07) is 8.50. The number of nitrogens with one attached hydrogen (secondary N) is 1. The standard InChI is InChI=1S/C15H25NO2/c1-3-5-13-6-8-15(9-7-13)18-12-14(10-11-17)16-4-2/h6-9,14,16-17H,3-5,10-12H2,1-2H3. The summed E-state index contributed by atoms with van der Waals surface area (Å²) in [7, 11) is 0. The molecular weight excluding hydrogens is 226 g/mol. The molecule has 0 saturated heterocycles. The van der Waals surface area contributed by atoms with Gasteiger partial charge in [-0.15, -0.1) is 0 Å². The summed E-state index contributed by atoms with van der Waals surface area (Å²) in [5, 5.41) is 12.3. The lowest BCUT2D eigenvalue weighted by Crippen LogP contribution is -2.35. The van der Waals surface area contributed by atoms with Gasteiger partial charge in [0.15, 0.2) is 0 Å². The van der Waals surface area contributed by atoms with Gasteiger partial charge in [-0.25, -0.2) is 0 Å². The topological polar surface area (TPSA) is 41.5 Å². The molecule has 0 aliphatic rings. The number of rotatable bonds is 9. The van der Waals surface area contributed by atoms with Gasteiger partial charge in [0.1, 0.15) is 12.4 Å². The average molecular weight is 251 g/mol. The Bertz CT molecular complexity index is 305. The van der Waals surface area contributed by atoms with Gasteiger partial charge in [-0.3, -0.25) is 0 Å². The molecule has 1 aromatic carbocycles. The number of hydrogen-bond donors (Lipinski definition) is 2. The maximum Gasteiger partial charge on any atom is 0.119 e. The maximum absolute atomic E-state index is 8.96. The Morgan fingerprint density at radius 2 is 1.94 bits per heavy atom. The van der Waals surface area contributed by atoms with Crippen molar-refractivity contribution < 1.29 is 9.84 Å². The molecule has 0 bridgehead atoms. The highest BCUT2D eigenvalue weighted by Gasteiger charge is 2.07. The number of aliphatic hydroxyl groups is 1. The van der Waals surface area contributed by atoms with Crippen LogP contribution in [-0.2, 0) is 6.42 Å². The van der Waals surface area contributed by atoms with E-state index in [0.717, 1.165) is 25.1 Å². The molecule has 0 fully saturated rings. The molecular formula is C15H25NO2. The van der Waals surface area contributed by atoms with Crippen LogP contribution in [-0.4, -0.2) is 30.9 Å². The lowest BCUT2D eigenvalue weighted by atomic mass is 10.1. The molecule has 18 heavy (non-hydrogen) atoms. The monoisotopic (exact) mass is 251 g/mol. The van der Waals surface area contributed by atoms with E-state index in [-0.39, 0.29) is 12.6 Å². The van der Waals surface area contributed by atoms with Crippen molar-refractivity contribution in [2.75, 3.05) is 19.8 Å². The van der Waals surface area contributed by atoms with Gasteiger partial charge in [-0.05, 0) is 37.1 Å². The zero-order valence-corrected chi connectivity index (χ0v) is 11.5. The van der Waals surface area contributed by atoms with Crippen LogP contribution in [0.25, 0.3) is 0 Å². The summed E-state index contributed by atoms with van der Waals surface area (Å²) >= 11 is 0. The molecule has 0 radical (unpaired) electrons. The molecule has 0 saturated carbocycles. The van der Waals surface area contributed by atoms with E-state index in [1.807, 2.05) is 12.1 Å². The minimum Gasteiger partial charge on any atom is -0.492 e. The van der Waals surface area contributed by atoms with Crippen molar-refractivity contribution in [2.45, 2.75) is 39.2 Å². The van der Waals surface area contributed by atoms with E-state index in [4.69, 9.17) is 9.84 Å². The van der Waals surface area contributed by atoms with Gasteiger partial charge in [0.05, 0.1) is 0 Å². The molecule has 0 heterocycles. The predicted octanol–water partition coefficient (Wildman–Crippen LogP) is 2.38. The number of hydrogen-bond acceptors (Lipinski definition) is 3. The zero-order valence-electron chi connectivity index (χ0n) is 11.5. The van der Waals surface area contributed by atoms with Crippen molar-refractivity contribution >= 4 is 0 Å². The van der Waals surface area contributed by atoms with Crippen LogP contribution in [0.5, 0.6) is 5.75 Å². The smallest absolute Gasteiger partial charge is 0.119 e. The number of benzene rings is 1. The van der Waals surface area contributed by atoms with Crippen LogP contribution >= 0.6 is 0 Å². The highest BCUT2D eigenvalue weighted by molar-refractivity contribution is 5.27. The second-order valence-electron chi connectivity index (χ2n) is 4.47. The lowest BCUT2D eigenvalue weighted by Gasteiger charge is -2.17. The van der Waals surface area contributed by atoms with Crippen LogP contribution in [0.2, 0.25) is 0 Å². The summed E-state index contributed by atoms with van der Waals surface area (Å²) in [4.78, 5) is 0. The van der Waals surface area contributed by atoms with Crippen molar-refractivity contribution in [3.8, 4) is 5.75 Å². The molecule has 1 aromatic rings. The molecule has 0 aromatic heterocycles. The van der Waals surface area contributed by atoms with Crippen LogP contribution in [0.4, 0.5) is 0 Å². The molecule has 0 amide bonds. The molecule has 0 aliphatic heterocycles. The number of likely N-dealkylation sites (N-methyl/N-ethyl adjacent to an activating group) is 1. The van der Waals surface area contributed by atoms with E-state index in [1.54, 1.807) is 0 Å². The molecule has 3 heteroatoms. The van der Waals surface area contributed by atoms with Gasteiger partial charge in [-0.1, -0.05) is 32.4 Å². The normalized spacial score (nSPS) is 12.4. The quantitative estimate of drug-likeness (QED) is 0.708.